The fourth-order valence-corrected chi connectivity index (χ4v) is 2.00. The van der Waals surface area contributed by atoms with Gasteiger partial charge in [-0.3, -0.25) is 0 Å². The van der Waals surface area contributed by atoms with Crippen molar-refractivity contribution in [1.82, 2.24) is 9.97 Å². The van der Waals surface area contributed by atoms with Crippen molar-refractivity contribution >= 4 is 11.6 Å². The smallest absolute Gasteiger partial charge is 0.136 e. The summed E-state index contributed by atoms with van der Waals surface area (Å²) in [7, 11) is 1.87. The quantitative estimate of drug-likeness (QED) is 0.769. The molecular formula is C13H22N4O. The lowest BCUT2D eigenvalue weighted by Gasteiger charge is -2.23. The maximum Gasteiger partial charge on any atom is 0.136 e. The van der Waals surface area contributed by atoms with Crippen LogP contribution in [-0.4, -0.2) is 41.8 Å². The molecule has 2 N–H and O–H groups in total. The average molecular weight is 250 g/mol. The first-order valence-corrected chi connectivity index (χ1v) is 6.71. The van der Waals surface area contributed by atoms with Gasteiger partial charge in [0.15, 0.2) is 0 Å². The molecule has 0 aromatic carbocycles. The summed E-state index contributed by atoms with van der Waals surface area (Å²) in [5.41, 5.74) is 0. The molecule has 0 radical (unpaired) electrons. The van der Waals surface area contributed by atoms with E-state index in [1.54, 1.807) is 0 Å². The SMILES string of the molecule is CCCN(CCO)c1cc(NC)nc(C2CC2)n1. The normalized spacial score (nSPS) is 14.6. The molecule has 0 unspecified atom stereocenters. The third kappa shape index (κ3) is 3.10. The molecule has 0 atom stereocenters. The van der Waals surface area contributed by atoms with Crippen molar-refractivity contribution in [3.63, 3.8) is 0 Å². The molecular weight excluding hydrogens is 228 g/mol. The molecule has 1 aromatic rings. The molecule has 0 amide bonds. The van der Waals surface area contributed by atoms with E-state index in [2.05, 4.69) is 27.1 Å². The van der Waals surface area contributed by atoms with Crippen LogP contribution in [0.1, 0.15) is 37.9 Å². The van der Waals surface area contributed by atoms with Crippen molar-refractivity contribution in [1.29, 1.82) is 0 Å². The van der Waals surface area contributed by atoms with Gasteiger partial charge in [-0.25, -0.2) is 9.97 Å². The number of hydrogen-bond donors (Lipinski definition) is 2. The number of aliphatic hydroxyl groups is 1. The molecule has 0 saturated heterocycles. The molecule has 0 bridgehead atoms. The average Bonchev–Trinajstić information content (AvgIpc) is 3.22. The van der Waals surface area contributed by atoms with Crippen LogP contribution < -0.4 is 10.2 Å². The highest BCUT2D eigenvalue weighted by atomic mass is 16.3. The first-order chi connectivity index (χ1) is 8.78. The number of aliphatic hydroxyl groups excluding tert-OH is 1. The second kappa shape index (κ2) is 6.00. The molecule has 100 valence electrons. The highest BCUT2D eigenvalue weighted by molar-refractivity contribution is 5.49. The molecule has 1 saturated carbocycles. The minimum Gasteiger partial charge on any atom is -0.395 e. The molecule has 0 spiro atoms. The summed E-state index contributed by atoms with van der Waals surface area (Å²) in [5, 5.41) is 12.2. The monoisotopic (exact) mass is 250 g/mol. The summed E-state index contributed by atoms with van der Waals surface area (Å²) in [4.78, 5) is 11.3. The number of hydrogen-bond acceptors (Lipinski definition) is 5. The first kappa shape index (κ1) is 13.1. The molecule has 1 aliphatic carbocycles. The van der Waals surface area contributed by atoms with Crippen LogP contribution in [0.4, 0.5) is 11.6 Å². The lowest BCUT2D eigenvalue weighted by Crippen LogP contribution is -2.28. The van der Waals surface area contributed by atoms with Crippen LogP contribution >= 0.6 is 0 Å². The number of nitrogens with zero attached hydrogens (tertiary/aromatic N) is 3. The van der Waals surface area contributed by atoms with E-state index in [4.69, 9.17) is 5.11 Å². The van der Waals surface area contributed by atoms with Gasteiger partial charge < -0.3 is 15.3 Å². The van der Waals surface area contributed by atoms with Gasteiger partial charge in [0.1, 0.15) is 17.5 Å². The van der Waals surface area contributed by atoms with Crippen molar-refractivity contribution in [2.45, 2.75) is 32.1 Å². The third-order valence-electron chi connectivity index (χ3n) is 3.12. The van der Waals surface area contributed by atoms with Crippen LogP contribution in [0.5, 0.6) is 0 Å². The van der Waals surface area contributed by atoms with E-state index in [0.717, 1.165) is 30.4 Å². The Balaban J connectivity index is 2.25. The maximum absolute atomic E-state index is 9.14. The van der Waals surface area contributed by atoms with Crippen LogP contribution in [0, 0.1) is 0 Å². The zero-order chi connectivity index (χ0) is 13.0. The lowest BCUT2D eigenvalue weighted by molar-refractivity contribution is 0.301. The van der Waals surface area contributed by atoms with Gasteiger partial charge in [0, 0.05) is 32.1 Å². The predicted molar refractivity (Wildman–Crippen MR) is 73.1 cm³/mol. The Morgan fingerprint density at radius 1 is 1.39 bits per heavy atom. The van der Waals surface area contributed by atoms with Crippen LogP contribution in [0.15, 0.2) is 6.07 Å². The predicted octanol–water partition coefficient (Wildman–Crippen LogP) is 1.60. The molecule has 5 nitrogen and oxygen atoms in total. The minimum absolute atomic E-state index is 0.150. The summed E-state index contributed by atoms with van der Waals surface area (Å²) >= 11 is 0. The highest BCUT2D eigenvalue weighted by Crippen LogP contribution is 2.39. The lowest BCUT2D eigenvalue weighted by atomic mass is 10.3. The fourth-order valence-electron chi connectivity index (χ4n) is 2.00. The van der Waals surface area contributed by atoms with Crippen LogP contribution in [-0.2, 0) is 0 Å². The first-order valence-electron chi connectivity index (χ1n) is 6.71. The van der Waals surface area contributed by atoms with Gasteiger partial charge in [-0.2, -0.15) is 0 Å². The number of anilines is 2. The van der Waals surface area contributed by atoms with Gasteiger partial charge >= 0.3 is 0 Å². The van der Waals surface area contributed by atoms with Crippen molar-refractivity contribution in [3.05, 3.63) is 11.9 Å². The molecule has 0 aliphatic heterocycles. The van der Waals surface area contributed by atoms with Gasteiger partial charge in [-0.1, -0.05) is 6.92 Å². The van der Waals surface area contributed by atoms with Gasteiger partial charge in [-0.05, 0) is 19.3 Å². The number of nitrogens with one attached hydrogen (secondary N) is 1. The maximum atomic E-state index is 9.14. The van der Waals surface area contributed by atoms with Crippen molar-refractivity contribution < 1.29 is 5.11 Å². The summed E-state index contributed by atoms with van der Waals surface area (Å²) in [5.74, 6) is 3.26. The summed E-state index contributed by atoms with van der Waals surface area (Å²) in [6.07, 6.45) is 3.43. The third-order valence-corrected chi connectivity index (χ3v) is 3.12. The van der Waals surface area contributed by atoms with Crippen molar-refractivity contribution in [2.24, 2.45) is 0 Å². The van der Waals surface area contributed by atoms with Gasteiger partial charge in [0.2, 0.25) is 0 Å². The van der Waals surface area contributed by atoms with Gasteiger partial charge in [0.25, 0.3) is 0 Å². The van der Waals surface area contributed by atoms with Crippen molar-refractivity contribution in [3.8, 4) is 0 Å². The second-order valence-corrected chi connectivity index (χ2v) is 4.70. The second-order valence-electron chi connectivity index (χ2n) is 4.70. The topological polar surface area (TPSA) is 61.3 Å². The van der Waals surface area contributed by atoms with E-state index in [9.17, 15) is 0 Å². The molecule has 5 heteroatoms. The Labute approximate surface area is 108 Å². The largest absolute Gasteiger partial charge is 0.395 e. The Morgan fingerprint density at radius 3 is 2.72 bits per heavy atom. The van der Waals surface area contributed by atoms with E-state index in [1.165, 1.54) is 12.8 Å². The van der Waals surface area contributed by atoms with Crippen molar-refractivity contribution in [2.75, 3.05) is 37.0 Å². The van der Waals surface area contributed by atoms with Gasteiger partial charge in [-0.15, -0.1) is 0 Å². The molecule has 1 heterocycles. The number of rotatable bonds is 7. The standard InChI is InChI=1S/C13H22N4O/c1-3-6-17(7-8-18)12-9-11(14-2)15-13(16-12)10-4-5-10/h9-10,18H,3-8H2,1-2H3,(H,14,15,16). The zero-order valence-corrected chi connectivity index (χ0v) is 11.2. The number of aromatic nitrogens is 2. The van der Waals surface area contributed by atoms with Crippen LogP contribution in [0.25, 0.3) is 0 Å². The Morgan fingerprint density at radius 2 is 2.17 bits per heavy atom. The summed E-state index contributed by atoms with van der Waals surface area (Å²) < 4.78 is 0. The van der Waals surface area contributed by atoms with Crippen LogP contribution in [0.3, 0.4) is 0 Å². The summed E-state index contributed by atoms with van der Waals surface area (Å²) in [6, 6.07) is 1.96. The fraction of sp³-hybridized carbons (Fsp3) is 0.692. The molecule has 2 rings (SSSR count). The Kier molecular flexibility index (Phi) is 4.36. The minimum atomic E-state index is 0.150. The summed E-state index contributed by atoms with van der Waals surface area (Å²) in [6.45, 7) is 3.81. The molecule has 1 aliphatic rings. The van der Waals surface area contributed by atoms with E-state index >= 15 is 0 Å². The van der Waals surface area contributed by atoms with E-state index in [1.807, 2.05) is 13.1 Å². The van der Waals surface area contributed by atoms with Crippen LogP contribution in [0.2, 0.25) is 0 Å². The zero-order valence-electron chi connectivity index (χ0n) is 11.2. The molecule has 1 fully saturated rings. The molecule has 18 heavy (non-hydrogen) atoms. The van der Waals surface area contributed by atoms with E-state index < -0.39 is 0 Å². The molecule has 1 aromatic heterocycles. The Bertz CT molecular complexity index is 387. The van der Waals surface area contributed by atoms with Gasteiger partial charge in [0.05, 0.1) is 6.61 Å². The Hall–Kier alpha value is -1.36. The van der Waals surface area contributed by atoms with E-state index in [0.29, 0.717) is 12.5 Å². The van der Waals surface area contributed by atoms with E-state index in [-0.39, 0.29) is 6.61 Å². The highest BCUT2D eigenvalue weighted by Gasteiger charge is 2.27.